The predicted octanol–water partition coefficient (Wildman–Crippen LogP) is 2.82. The van der Waals surface area contributed by atoms with Crippen LogP contribution >= 0.6 is 11.3 Å². The largest absolute Gasteiger partial charge is 0.311 e. The van der Waals surface area contributed by atoms with Gasteiger partial charge in [0.1, 0.15) is 0 Å². The van der Waals surface area contributed by atoms with Gasteiger partial charge in [-0.3, -0.25) is 0 Å². The van der Waals surface area contributed by atoms with Gasteiger partial charge < -0.3 is 10.2 Å². The molecule has 0 saturated carbocycles. The van der Waals surface area contributed by atoms with Crippen LogP contribution < -0.4 is 5.32 Å². The molecule has 2 atom stereocenters. The third-order valence-corrected chi connectivity index (χ3v) is 4.78. The van der Waals surface area contributed by atoms with Gasteiger partial charge in [0.2, 0.25) is 0 Å². The van der Waals surface area contributed by atoms with Gasteiger partial charge in [-0.2, -0.15) is 0 Å². The maximum atomic E-state index is 3.53. The van der Waals surface area contributed by atoms with Crippen LogP contribution in [0, 0.1) is 11.8 Å². The van der Waals surface area contributed by atoms with Crippen LogP contribution in [0.1, 0.15) is 25.1 Å². The Morgan fingerprint density at radius 2 is 2.29 bits per heavy atom. The van der Waals surface area contributed by atoms with Crippen LogP contribution in [0.3, 0.4) is 0 Å². The standard InChI is InChI=1S/C14H24N2S/c1-12-5-7-16(11-13(12)2)8-6-15-10-14-4-3-9-17-14/h3-4,9,12-13,15H,5-8,10-11H2,1-2H3. The van der Waals surface area contributed by atoms with E-state index in [2.05, 4.69) is 41.6 Å². The molecule has 2 unspecified atom stereocenters. The number of piperidine rings is 1. The molecule has 0 spiro atoms. The Hall–Kier alpha value is -0.380. The Labute approximate surface area is 109 Å². The summed E-state index contributed by atoms with van der Waals surface area (Å²) in [5.74, 6) is 1.77. The molecule has 0 radical (unpaired) electrons. The van der Waals surface area contributed by atoms with Gasteiger partial charge in [0, 0.05) is 31.1 Å². The van der Waals surface area contributed by atoms with Crippen molar-refractivity contribution in [2.45, 2.75) is 26.8 Å². The van der Waals surface area contributed by atoms with Crippen molar-refractivity contribution < 1.29 is 0 Å². The molecule has 17 heavy (non-hydrogen) atoms. The van der Waals surface area contributed by atoms with E-state index in [4.69, 9.17) is 0 Å². The Morgan fingerprint density at radius 3 is 3.00 bits per heavy atom. The zero-order valence-electron chi connectivity index (χ0n) is 11.0. The van der Waals surface area contributed by atoms with Crippen LogP contribution in [0.25, 0.3) is 0 Å². The number of likely N-dealkylation sites (tertiary alicyclic amines) is 1. The van der Waals surface area contributed by atoms with Gasteiger partial charge >= 0.3 is 0 Å². The van der Waals surface area contributed by atoms with Crippen molar-refractivity contribution in [3.05, 3.63) is 22.4 Å². The van der Waals surface area contributed by atoms with E-state index in [9.17, 15) is 0 Å². The summed E-state index contributed by atoms with van der Waals surface area (Å²) in [6.45, 7) is 10.7. The van der Waals surface area contributed by atoms with Crippen molar-refractivity contribution in [2.24, 2.45) is 11.8 Å². The highest BCUT2D eigenvalue weighted by molar-refractivity contribution is 7.09. The molecule has 0 aliphatic carbocycles. The van der Waals surface area contributed by atoms with Crippen molar-refractivity contribution in [2.75, 3.05) is 26.2 Å². The molecular weight excluding hydrogens is 228 g/mol. The van der Waals surface area contributed by atoms with E-state index >= 15 is 0 Å². The molecule has 1 aliphatic heterocycles. The van der Waals surface area contributed by atoms with E-state index in [0.29, 0.717) is 0 Å². The van der Waals surface area contributed by atoms with Crippen LogP contribution in [-0.4, -0.2) is 31.1 Å². The van der Waals surface area contributed by atoms with Crippen molar-refractivity contribution in [1.82, 2.24) is 10.2 Å². The third kappa shape index (κ3) is 4.09. The topological polar surface area (TPSA) is 15.3 Å². The summed E-state index contributed by atoms with van der Waals surface area (Å²) >= 11 is 1.83. The van der Waals surface area contributed by atoms with E-state index in [1.54, 1.807) is 0 Å². The molecule has 2 heterocycles. The SMILES string of the molecule is CC1CCN(CCNCc2cccs2)CC1C. The molecule has 1 aromatic heterocycles. The molecule has 1 N–H and O–H groups in total. The lowest BCUT2D eigenvalue weighted by molar-refractivity contribution is 0.139. The van der Waals surface area contributed by atoms with E-state index in [0.717, 1.165) is 24.9 Å². The fourth-order valence-corrected chi connectivity index (χ4v) is 3.09. The summed E-state index contributed by atoms with van der Waals surface area (Å²) in [5.41, 5.74) is 0. The number of hydrogen-bond acceptors (Lipinski definition) is 3. The Bertz CT molecular complexity index is 310. The molecule has 1 aromatic rings. The summed E-state index contributed by atoms with van der Waals surface area (Å²) in [4.78, 5) is 4.04. The van der Waals surface area contributed by atoms with Crippen molar-refractivity contribution in [3.8, 4) is 0 Å². The van der Waals surface area contributed by atoms with Crippen LogP contribution in [-0.2, 0) is 6.54 Å². The average Bonchev–Trinajstić information content (AvgIpc) is 2.82. The smallest absolute Gasteiger partial charge is 0.0300 e. The average molecular weight is 252 g/mol. The lowest BCUT2D eigenvalue weighted by atomic mass is 9.89. The van der Waals surface area contributed by atoms with E-state index in [-0.39, 0.29) is 0 Å². The summed E-state index contributed by atoms with van der Waals surface area (Å²) in [6, 6.07) is 4.32. The lowest BCUT2D eigenvalue weighted by Gasteiger charge is -2.35. The van der Waals surface area contributed by atoms with Crippen molar-refractivity contribution in [3.63, 3.8) is 0 Å². The highest BCUT2D eigenvalue weighted by Crippen LogP contribution is 2.21. The van der Waals surface area contributed by atoms with Crippen molar-refractivity contribution >= 4 is 11.3 Å². The summed E-state index contributed by atoms with van der Waals surface area (Å²) in [5, 5.41) is 5.67. The highest BCUT2D eigenvalue weighted by atomic mass is 32.1. The highest BCUT2D eigenvalue weighted by Gasteiger charge is 2.21. The monoisotopic (exact) mass is 252 g/mol. The van der Waals surface area contributed by atoms with Gasteiger partial charge in [-0.1, -0.05) is 19.9 Å². The Morgan fingerprint density at radius 1 is 1.41 bits per heavy atom. The quantitative estimate of drug-likeness (QED) is 0.811. The minimum Gasteiger partial charge on any atom is -0.311 e. The second-order valence-electron chi connectivity index (χ2n) is 5.30. The van der Waals surface area contributed by atoms with Gasteiger partial charge in [0.05, 0.1) is 0 Å². The zero-order valence-corrected chi connectivity index (χ0v) is 11.8. The molecule has 1 fully saturated rings. The Kier molecular flexibility index (Phi) is 5.01. The number of nitrogens with zero attached hydrogens (tertiary/aromatic N) is 1. The van der Waals surface area contributed by atoms with Gasteiger partial charge in [-0.15, -0.1) is 11.3 Å². The van der Waals surface area contributed by atoms with Crippen molar-refractivity contribution in [1.29, 1.82) is 0 Å². The second kappa shape index (κ2) is 6.53. The molecule has 0 amide bonds. The zero-order chi connectivity index (χ0) is 12.1. The number of nitrogens with one attached hydrogen (secondary N) is 1. The van der Waals surface area contributed by atoms with Crippen LogP contribution in [0.2, 0.25) is 0 Å². The summed E-state index contributed by atoms with van der Waals surface area (Å²) < 4.78 is 0. The first kappa shape index (κ1) is 13.1. The van der Waals surface area contributed by atoms with Gasteiger partial charge in [0.25, 0.3) is 0 Å². The molecule has 1 saturated heterocycles. The number of thiophene rings is 1. The van der Waals surface area contributed by atoms with E-state index in [1.807, 2.05) is 11.3 Å². The number of rotatable bonds is 5. The minimum atomic E-state index is 0.862. The molecule has 3 heteroatoms. The van der Waals surface area contributed by atoms with Gasteiger partial charge in [-0.05, 0) is 36.2 Å². The minimum absolute atomic E-state index is 0.862. The van der Waals surface area contributed by atoms with Gasteiger partial charge in [0.15, 0.2) is 0 Å². The molecule has 96 valence electrons. The lowest BCUT2D eigenvalue weighted by Crippen LogP contribution is -2.41. The van der Waals surface area contributed by atoms with E-state index in [1.165, 1.54) is 30.9 Å². The third-order valence-electron chi connectivity index (χ3n) is 3.90. The fraction of sp³-hybridized carbons (Fsp3) is 0.714. The van der Waals surface area contributed by atoms with Crippen LogP contribution in [0.15, 0.2) is 17.5 Å². The summed E-state index contributed by atoms with van der Waals surface area (Å²) in [7, 11) is 0. The molecule has 0 bridgehead atoms. The molecule has 0 aromatic carbocycles. The first-order valence-corrected chi connectivity index (χ1v) is 7.59. The molecular formula is C14H24N2S. The second-order valence-corrected chi connectivity index (χ2v) is 6.33. The fourth-order valence-electron chi connectivity index (χ4n) is 2.41. The van der Waals surface area contributed by atoms with Crippen LogP contribution in [0.4, 0.5) is 0 Å². The first-order valence-electron chi connectivity index (χ1n) is 6.71. The maximum Gasteiger partial charge on any atom is 0.0300 e. The molecule has 2 nitrogen and oxygen atoms in total. The molecule has 1 aliphatic rings. The molecule has 2 rings (SSSR count). The van der Waals surface area contributed by atoms with E-state index < -0.39 is 0 Å². The first-order chi connectivity index (χ1) is 8.25. The Balaban J connectivity index is 1.59. The normalized spacial score (nSPS) is 26.2. The predicted molar refractivity (Wildman–Crippen MR) is 75.4 cm³/mol. The maximum absolute atomic E-state index is 3.53. The number of hydrogen-bond donors (Lipinski definition) is 1. The van der Waals surface area contributed by atoms with Gasteiger partial charge in [-0.25, -0.2) is 0 Å². The van der Waals surface area contributed by atoms with Crippen LogP contribution in [0.5, 0.6) is 0 Å². The summed E-state index contributed by atoms with van der Waals surface area (Å²) in [6.07, 6.45) is 1.37.